The largest absolute Gasteiger partial charge is 0.480 e. The minimum atomic E-state index is -0.704. The van der Waals surface area contributed by atoms with Crippen LogP contribution >= 0.6 is 11.8 Å². The second-order valence-corrected chi connectivity index (χ2v) is 6.21. The van der Waals surface area contributed by atoms with Crippen LogP contribution in [-0.2, 0) is 9.53 Å². The third-order valence-electron chi connectivity index (χ3n) is 3.24. The van der Waals surface area contributed by atoms with Crippen molar-refractivity contribution in [2.75, 3.05) is 19.0 Å². The van der Waals surface area contributed by atoms with Gasteiger partial charge in [-0.3, -0.25) is 4.79 Å². The van der Waals surface area contributed by atoms with E-state index < -0.39 is 5.97 Å². The Kier molecular flexibility index (Phi) is 5.13. The lowest BCUT2D eigenvalue weighted by Crippen LogP contribution is -2.38. The summed E-state index contributed by atoms with van der Waals surface area (Å²) in [6, 6.07) is 0.110. The van der Waals surface area contributed by atoms with E-state index in [0.29, 0.717) is 11.3 Å². The number of carbonyl (C=O) groups is 1. The fraction of sp³-hybridized carbons (Fsp3) is 0.917. The number of thioether (sulfide) groups is 1. The average molecular weight is 259 g/mol. The highest BCUT2D eigenvalue weighted by atomic mass is 32.2. The van der Waals surface area contributed by atoms with E-state index in [1.54, 1.807) is 0 Å². The fourth-order valence-corrected chi connectivity index (χ4v) is 3.24. The van der Waals surface area contributed by atoms with Crippen LogP contribution in [0.25, 0.3) is 0 Å². The Bertz CT molecular complexity index is 252. The minimum Gasteiger partial charge on any atom is -0.480 e. The molecular weight excluding hydrogens is 238 g/mol. The van der Waals surface area contributed by atoms with Crippen molar-refractivity contribution >= 4 is 17.7 Å². The molecule has 2 aliphatic rings. The third kappa shape index (κ3) is 4.85. The molecule has 0 aromatic heterocycles. The maximum atomic E-state index is 11.1. The van der Waals surface area contributed by atoms with Gasteiger partial charge in [-0.15, -0.1) is 0 Å². The summed E-state index contributed by atoms with van der Waals surface area (Å²) in [6.45, 7) is 1.72. The van der Waals surface area contributed by atoms with E-state index in [9.17, 15) is 4.79 Å². The van der Waals surface area contributed by atoms with Crippen molar-refractivity contribution in [3.8, 4) is 0 Å². The second kappa shape index (κ2) is 6.61. The topological polar surface area (TPSA) is 58.6 Å². The highest BCUT2D eigenvalue weighted by molar-refractivity contribution is 7.99. The van der Waals surface area contributed by atoms with Gasteiger partial charge < -0.3 is 15.2 Å². The molecule has 1 atom stereocenters. The second-order valence-electron chi connectivity index (χ2n) is 4.80. The fourth-order valence-electron chi connectivity index (χ4n) is 2.01. The predicted octanol–water partition coefficient (Wildman–Crippen LogP) is 1.49. The molecule has 1 aliphatic heterocycles. The van der Waals surface area contributed by atoms with Gasteiger partial charge in [0.2, 0.25) is 0 Å². The molecule has 4 nitrogen and oxygen atoms in total. The molecular formula is C12H21NO3S. The lowest BCUT2D eigenvalue weighted by Gasteiger charge is -2.22. The van der Waals surface area contributed by atoms with Crippen LogP contribution in [0.4, 0.5) is 0 Å². The van der Waals surface area contributed by atoms with Crippen molar-refractivity contribution in [2.45, 2.75) is 49.4 Å². The Morgan fingerprint density at radius 2 is 2.06 bits per heavy atom. The number of aliphatic carboxylic acids is 1. The molecule has 0 spiro atoms. The standard InChI is InChI=1S/C12H21NO3S/c14-12(15)11(13-9-1-2-9)5-8-17-10-3-6-16-7-4-10/h9-11,13H,1-8H2,(H,14,15). The number of rotatable bonds is 7. The van der Waals surface area contributed by atoms with Crippen LogP contribution < -0.4 is 5.32 Å². The quantitative estimate of drug-likeness (QED) is 0.725. The van der Waals surface area contributed by atoms with Crippen molar-refractivity contribution in [3.05, 3.63) is 0 Å². The number of hydrogen-bond acceptors (Lipinski definition) is 4. The normalized spacial score (nSPS) is 23.5. The summed E-state index contributed by atoms with van der Waals surface area (Å²) in [5.41, 5.74) is 0. The van der Waals surface area contributed by atoms with Crippen molar-refractivity contribution in [2.24, 2.45) is 0 Å². The number of carboxylic acids is 1. The van der Waals surface area contributed by atoms with Gasteiger partial charge in [0.1, 0.15) is 6.04 Å². The van der Waals surface area contributed by atoms with Gasteiger partial charge in [0.15, 0.2) is 0 Å². The van der Waals surface area contributed by atoms with Gasteiger partial charge >= 0.3 is 5.97 Å². The van der Waals surface area contributed by atoms with E-state index in [-0.39, 0.29) is 6.04 Å². The first-order chi connectivity index (χ1) is 8.25. The van der Waals surface area contributed by atoms with Crippen LogP contribution in [0.5, 0.6) is 0 Å². The van der Waals surface area contributed by atoms with Crippen LogP contribution in [0.1, 0.15) is 32.1 Å². The van der Waals surface area contributed by atoms with Gasteiger partial charge in [0, 0.05) is 24.5 Å². The van der Waals surface area contributed by atoms with Gasteiger partial charge in [0.25, 0.3) is 0 Å². The van der Waals surface area contributed by atoms with Crippen LogP contribution in [-0.4, -0.2) is 47.4 Å². The monoisotopic (exact) mass is 259 g/mol. The highest BCUT2D eigenvalue weighted by Crippen LogP contribution is 2.24. The molecule has 0 aromatic carbocycles. The lowest BCUT2D eigenvalue weighted by molar-refractivity contribution is -0.139. The van der Waals surface area contributed by atoms with Gasteiger partial charge in [-0.05, 0) is 37.9 Å². The van der Waals surface area contributed by atoms with Crippen molar-refractivity contribution < 1.29 is 14.6 Å². The van der Waals surface area contributed by atoms with Gasteiger partial charge in [0.05, 0.1) is 0 Å². The molecule has 0 amide bonds. The summed E-state index contributed by atoms with van der Waals surface area (Å²) in [5.74, 6) is 0.228. The average Bonchev–Trinajstić information content (AvgIpc) is 3.13. The van der Waals surface area contributed by atoms with Crippen LogP contribution in [0.3, 0.4) is 0 Å². The van der Waals surface area contributed by atoms with E-state index in [1.807, 2.05) is 11.8 Å². The Balaban J connectivity index is 1.62. The number of ether oxygens (including phenoxy) is 1. The summed E-state index contributed by atoms with van der Waals surface area (Å²) in [4.78, 5) is 11.1. The molecule has 1 saturated carbocycles. The summed E-state index contributed by atoms with van der Waals surface area (Å²) < 4.78 is 5.31. The lowest BCUT2D eigenvalue weighted by atomic mass is 10.2. The molecule has 1 aliphatic carbocycles. The molecule has 1 saturated heterocycles. The maximum absolute atomic E-state index is 11.1. The number of carboxylic acid groups (broad SMARTS) is 1. The molecule has 1 heterocycles. The molecule has 0 radical (unpaired) electrons. The number of hydrogen-bond donors (Lipinski definition) is 2. The molecule has 2 N–H and O–H groups in total. The van der Waals surface area contributed by atoms with Crippen LogP contribution in [0, 0.1) is 0 Å². The molecule has 2 rings (SSSR count). The molecule has 0 bridgehead atoms. The van der Waals surface area contributed by atoms with Crippen molar-refractivity contribution in [1.29, 1.82) is 0 Å². The molecule has 1 unspecified atom stereocenters. The molecule has 98 valence electrons. The van der Waals surface area contributed by atoms with Gasteiger partial charge in [-0.2, -0.15) is 11.8 Å². The Hall–Kier alpha value is -0.260. The first kappa shape index (κ1) is 13.2. The maximum Gasteiger partial charge on any atom is 0.320 e. The molecule has 0 aromatic rings. The zero-order chi connectivity index (χ0) is 12.1. The Morgan fingerprint density at radius 1 is 1.35 bits per heavy atom. The number of nitrogens with one attached hydrogen (secondary N) is 1. The smallest absolute Gasteiger partial charge is 0.320 e. The Labute approximate surface area is 106 Å². The van der Waals surface area contributed by atoms with Crippen LogP contribution in [0.2, 0.25) is 0 Å². The summed E-state index contributed by atoms with van der Waals surface area (Å²) >= 11 is 1.91. The highest BCUT2D eigenvalue weighted by Gasteiger charge is 2.28. The van der Waals surface area contributed by atoms with Gasteiger partial charge in [-0.1, -0.05) is 0 Å². The zero-order valence-corrected chi connectivity index (χ0v) is 10.9. The van der Waals surface area contributed by atoms with E-state index in [1.165, 1.54) is 0 Å². The molecule has 17 heavy (non-hydrogen) atoms. The van der Waals surface area contributed by atoms with E-state index in [2.05, 4.69) is 5.32 Å². The van der Waals surface area contributed by atoms with E-state index >= 15 is 0 Å². The summed E-state index contributed by atoms with van der Waals surface area (Å²) in [7, 11) is 0. The first-order valence-electron chi connectivity index (χ1n) is 6.44. The SMILES string of the molecule is O=C(O)C(CCSC1CCOCC1)NC1CC1. The third-order valence-corrected chi connectivity index (χ3v) is 4.65. The first-order valence-corrected chi connectivity index (χ1v) is 7.49. The van der Waals surface area contributed by atoms with Crippen molar-refractivity contribution in [1.82, 2.24) is 5.32 Å². The summed E-state index contributed by atoms with van der Waals surface area (Å²) in [5, 5.41) is 13.0. The summed E-state index contributed by atoms with van der Waals surface area (Å²) in [6.07, 6.45) is 5.22. The predicted molar refractivity (Wildman–Crippen MR) is 68.5 cm³/mol. The Morgan fingerprint density at radius 3 is 2.65 bits per heavy atom. The minimum absolute atomic E-state index is 0.352. The van der Waals surface area contributed by atoms with E-state index in [0.717, 1.165) is 51.1 Å². The van der Waals surface area contributed by atoms with Crippen molar-refractivity contribution in [3.63, 3.8) is 0 Å². The van der Waals surface area contributed by atoms with E-state index in [4.69, 9.17) is 9.84 Å². The molecule has 2 fully saturated rings. The zero-order valence-electron chi connectivity index (χ0n) is 10.1. The van der Waals surface area contributed by atoms with Gasteiger partial charge in [-0.25, -0.2) is 0 Å². The van der Waals surface area contributed by atoms with Crippen LogP contribution in [0.15, 0.2) is 0 Å². The molecule has 5 heteroatoms.